The fraction of sp³-hybridized carbons (Fsp3) is 0.273. The van der Waals surface area contributed by atoms with Crippen molar-refractivity contribution in [2.24, 2.45) is 10.9 Å². The van der Waals surface area contributed by atoms with E-state index in [9.17, 15) is 0 Å². The molecule has 0 aromatic rings. The van der Waals surface area contributed by atoms with Crippen LogP contribution in [0.3, 0.4) is 0 Å². The van der Waals surface area contributed by atoms with Crippen molar-refractivity contribution in [2.45, 2.75) is 12.8 Å². The van der Waals surface area contributed by atoms with Crippen LogP contribution < -0.4 is 0 Å². The minimum atomic E-state index is 0.391. The Morgan fingerprint density at radius 1 is 1.54 bits per heavy atom. The minimum Gasteiger partial charge on any atom is -0.264 e. The van der Waals surface area contributed by atoms with E-state index in [0.717, 1.165) is 6.42 Å². The molecule has 0 N–H and O–H groups in total. The van der Waals surface area contributed by atoms with Crippen molar-refractivity contribution in [2.75, 3.05) is 0 Å². The van der Waals surface area contributed by atoms with Gasteiger partial charge in [-0.1, -0.05) is 18.2 Å². The number of allylic oxidation sites excluding steroid dienone is 5. The molecule has 0 bridgehead atoms. The topological polar surface area (TPSA) is 36.1 Å². The number of rotatable bonds is 2. The number of hydrogen-bond acceptors (Lipinski definition) is 2. The fourth-order valence-electron chi connectivity index (χ4n) is 1.66. The van der Waals surface area contributed by atoms with Crippen LogP contribution in [0.2, 0.25) is 0 Å². The molecule has 0 aromatic heterocycles. The third-order valence-electron chi connectivity index (χ3n) is 2.35. The van der Waals surface area contributed by atoms with Gasteiger partial charge in [0.05, 0.1) is 6.07 Å². The van der Waals surface area contributed by atoms with Crippen LogP contribution in [-0.2, 0) is 0 Å². The van der Waals surface area contributed by atoms with Crippen molar-refractivity contribution in [1.82, 2.24) is 0 Å². The van der Waals surface area contributed by atoms with E-state index < -0.39 is 0 Å². The van der Waals surface area contributed by atoms with Gasteiger partial charge in [0.2, 0.25) is 0 Å². The van der Waals surface area contributed by atoms with E-state index in [1.54, 1.807) is 0 Å². The highest BCUT2D eigenvalue weighted by Gasteiger charge is 2.18. The normalized spacial score (nSPS) is 23.5. The van der Waals surface area contributed by atoms with Gasteiger partial charge in [-0.15, -0.1) is 0 Å². The smallest absolute Gasteiger partial charge is 0.0622 e. The van der Waals surface area contributed by atoms with Gasteiger partial charge in [0.25, 0.3) is 0 Å². The number of nitrogens with zero attached hydrogens (tertiary/aromatic N) is 2. The molecular formula is C11H10N2. The third kappa shape index (κ3) is 1.46. The zero-order chi connectivity index (χ0) is 9.10. The lowest BCUT2D eigenvalue weighted by Crippen LogP contribution is -2.05. The van der Waals surface area contributed by atoms with Crippen molar-refractivity contribution in [1.29, 1.82) is 5.26 Å². The molecule has 1 atom stereocenters. The van der Waals surface area contributed by atoms with Gasteiger partial charge >= 0.3 is 0 Å². The summed E-state index contributed by atoms with van der Waals surface area (Å²) in [6.07, 6.45) is 11.5. The molecule has 13 heavy (non-hydrogen) atoms. The van der Waals surface area contributed by atoms with Crippen LogP contribution in [0.4, 0.5) is 0 Å². The van der Waals surface area contributed by atoms with Crippen LogP contribution in [0.5, 0.6) is 0 Å². The number of nitriles is 1. The molecule has 2 heteroatoms. The van der Waals surface area contributed by atoms with Crippen LogP contribution in [-0.4, -0.2) is 6.21 Å². The summed E-state index contributed by atoms with van der Waals surface area (Å²) in [6, 6.07) is 2.17. The highest BCUT2D eigenvalue weighted by atomic mass is 14.7. The lowest BCUT2D eigenvalue weighted by atomic mass is 9.87. The van der Waals surface area contributed by atoms with Crippen molar-refractivity contribution >= 4 is 6.21 Å². The van der Waals surface area contributed by atoms with Crippen molar-refractivity contribution in [3.63, 3.8) is 0 Å². The van der Waals surface area contributed by atoms with E-state index in [-0.39, 0.29) is 0 Å². The monoisotopic (exact) mass is 170 g/mol. The largest absolute Gasteiger partial charge is 0.264 e. The van der Waals surface area contributed by atoms with Gasteiger partial charge in [-0.2, -0.15) is 5.26 Å². The van der Waals surface area contributed by atoms with Crippen LogP contribution in [0.25, 0.3) is 0 Å². The van der Waals surface area contributed by atoms with E-state index in [1.807, 2.05) is 18.5 Å². The molecule has 1 aliphatic carbocycles. The van der Waals surface area contributed by atoms with Crippen LogP contribution in [0, 0.1) is 17.2 Å². The lowest BCUT2D eigenvalue weighted by molar-refractivity contribution is 0.695. The van der Waals surface area contributed by atoms with E-state index in [2.05, 4.69) is 23.2 Å². The lowest BCUT2D eigenvalue weighted by Gasteiger charge is -2.16. The van der Waals surface area contributed by atoms with Gasteiger partial charge in [0.15, 0.2) is 0 Å². The summed E-state index contributed by atoms with van der Waals surface area (Å²) < 4.78 is 0. The summed E-state index contributed by atoms with van der Waals surface area (Å²) in [5, 5.41) is 8.50. The molecular weight excluding hydrogens is 160 g/mol. The number of aliphatic imine (C=N–C) groups is 1. The molecule has 0 amide bonds. The predicted octanol–water partition coefficient (Wildman–Crippen LogP) is 2.37. The first-order chi connectivity index (χ1) is 6.42. The minimum absolute atomic E-state index is 0.391. The average molecular weight is 170 g/mol. The van der Waals surface area contributed by atoms with Crippen LogP contribution in [0.1, 0.15) is 12.8 Å². The van der Waals surface area contributed by atoms with Gasteiger partial charge in [-0.25, -0.2) is 0 Å². The van der Waals surface area contributed by atoms with Crippen molar-refractivity contribution < 1.29 is 0 Å². The van der Waals surface area contributed by atoms with Crippen molar-refractivity contribution in [3.8, 4) is 6.07 Å². The zero-order valence-corrected chi connectivity index (χ0v) is 7.27. The second-order valence-electron chi connectivity index (χ2n) is 3.17. The Balaban J connectivity index is 2.12. The molecule has 0 saturated carbocycles. The molecule has 64 valence electrons. The third-order valence-corrected chi connectivity index (χ3v) is 2.35. The summed E-state index contributed by atoms with van der Waals surface area (Å²) in [7, 11) is 0. The van der Waals surface area contributed by atoms with Gasteiger partial charge in [0.1, 0.15) is 0 Å². The van der Waals surface area contributed by atoms with E-state index >= 15 is 0 Å². The molecule has 2 nitrogen and oxygen atoms in total. The standard InChI is InChI=1S/C11H10N2/c12-6-2-5-9-3-1-4-10-7-13-8-11(9)10/h1,3-4,7-9H,2,5H2. The molecule has 0 fully saturated rings. The first-order valence-electron chi connectivity index (χ1n) is 4.41. The van der Waals surface area contributed by atoms with Gasteiger partial charge in [-0.05, 0) is 17.6 Å². The van der Waals surface area contributed by atoms with Crippen LogP contribution >= 0.6 is 0 Å². The quantitative estimate of drug-likeness (QED) is 0.626. The first-order valence-corrected chi connectivity index (χ1v) is 4.41. The summed E-state index contributed by atoms with van der Waals surface area (Å²) in [4.78, 5) is 4.11. The van der Waals surface area contributed by atoms with Gasteiger partial charge in [-0.3, -0.25) is 4.99 Å². The molecule has 1 unspecified atom stereocenters. The second-order valence-corrected chi connectivity index (χ2v) is 3.17. The maximum absolute atomic E-state index is 8.50. The summed E-state index contributed by atoms with van der Waals surface area (Å²) in [5.41, 5.74) is 2.46. The van der Waals surface area contributed by atoms with E-state index in [0.29, 0.717) is 12.3 Å². The molecule has 0 radical (unpaired) electrons. The maximum atomic E-state index is 8.50. The maximum Gasteiger partial charge on any atom is 0.0622 e. The second kappa shape index (κ2) is 3.40. The SMILES string of the molecule is N#CCCC1C=CC=C2C=NC=C21. The van der Waals surface area contributed by atoms with E-state index in [1.165, 1.54) is 11.1 Å². The first kappa shape index (κ1) is 8.00. The van der Waals surface area contributed by atoms with Crippen LogP contribution in [0.15, 0.2) is 40.6 Å². The molecule has 2 aliphatic rings. The molecule has 1 aliphatic heterocycles. The number of hydrogen-bond donors (Lipinski definition) is 0. The summed E-state index contributed by atoms with van der Waals surface area (Å²) in [5.74, 6) is 0.391. The summed E-state index contributed by atoms with van der Waals surface area (Å²) >= 11 is 0. The fourth-order valence-corrected chi connectivity index (χ4v) is 1.66. The molecule has 2 rings (SSSR count). The average Bonchev–Trinajstić information content (AvgIpc) is 2.62. The van der Waals surface area contributed by atoms with Gasteiger partial charge < -0.3 is 0 Å². The Hall–Kier alpha value is -1.62. The Bertz CT molecular complexity index is 364. The highest BCUT2D eigenvalue weighted by Crippen LogP contribution is 2.30. The molecule has 0 saturated heterocycles. The highest BCUT2D eigenvalue weighted by molar-refractivity contribution is 5.89. The Morgan fingerprint density at radius 3 is 3.31 bits per heavy atom. The zero-order valence-electron chi connectivity index (χ0n) is 7.27. The molecule has 0 aromatic carbocycles. The molecule has 0 spiro atoms. The Morgan fingerprint density at radius 2 is 2.46 bits per heavy atom. The van der Waals surface area contributed by atoms with Crippen molar-refractivity contribution in [3.05, 3.63) is 35.6 Å². The van der Waals surface area contributed by atoms with Gasteiger partial charge in [0, 0.05) is 24.8 Å². The Labute approximate surface area is 77.6 Å². The number of fused-ring (bicyclic) bond motifs is 1. The predicted molar refractivity (Wildman–Crippen MR) is 52.1 cm³/mol. The van der Waals surface area contributed by atoms with E-state index in [4.69, 9.17) is 5.26 Å². The Kier molecular flexibility index (Phi) is 2.09. The molecule has 1 heterocycles. The summed E-state index contributed by atoms with van der Waals surface area (Å²) in [6.45, 7) is 0.